The quantitative estimate of drug-likeness (QED) is 0.0491. The van der Waals surface area contributed by atoms with E-state index in [1.54, 1.807) is 0 Å². The number of ketones is 1. The van der Waals surface area contributed by atoms with Crippen molar-refractivity contribution in [3.8, 4) is 80.1 Å². The van der Waals surface area contributed by atoms with Gasteiger partial charge in [-0.1, -0.05) is 0 Å². The van der Waals surface area contributed by atoms with Gasteiger partial charge in [0.05, 0.1) is 33.7 Å². The van der Waals surface area contributed by atoms with E-state index in [1.807, 2.05) is 0 Å². The molecule has 5 aliphatic rings. The fourth-order valence-electron chi connectivity index (χ4n) is 8.26. The minimum atomic E-state index is -4.03. The van der Waals surface area contributed by atoms with E-state index in [1.165, 1.54) is 0 Å². The zero-order valence-electron chi connectivity index (χ0n) is 33.2. The third-order valence-electron chi connectivity index (χ3n) is 11.5. The van der Waals surface area contributed by atoms with E-state index in [9.17, 15) is 100 Å². The lowest BCUT2D eigenvalue weighted by molar-refractivity contribution is -0.323. The molecule has 4 bridgehead atoms. The van der Waals surface area contributed by atoms with Crippen molar-refractivity contribution in [3.05, 3.63) is 69.8 Å². The molecule has 27 heteroatoms. The Hall–Kier alpha value is -8.92. The van der Waals surface area contributed by atoms with Gasteiger partial charge in [-0.2, -0.15) is 0 Å². The van der Waals surface area contributed by atoms with Gasteiger partial charge in [0, 0.05) is 16.7 Å². The standard InChI is InChI=1S/C41H28O27/c42-13-1-8(2-14(43)24(13)48)34(54)67-39-33-32-30(64-37(57)11-5-17(46)27(51)31-22(11)23-12(38(58)66-33)6-19(47)40(59,60)41(23,61)68-31)18(63-39)7-62-35(55)9-3-15(44)25(49)28(52)20(9)21-10(36(56)65-32)4-16(45)26(50)29(21)53/h1-6,18,23,30,32-33,39,42-46,48-53,59-61H,7H2/t18-,23-,30-,32+,33-,39+,41-/m1/s1. The number of cyclic esters (lactones) is 1. The fourth-order valence-corrected chi connectivity index (χ4v) is 8.26. The van der Waals surface area contributed by atoms with Crippen molar-refractivity contribution in [2.24, 2.45) is 0 Å². The molecule has 0 saturated carbocycles. The maximum Gasteiger partial charge on any atom is 0.340 e. The highest BCUT2D eigenvalue weighted by Gasteiger charge is 2.70. The molecule has 0 spiro atoms. The number of carbonyl (C=O) groups is 6. The number of phenols is 11. The topological polar surface area (TPSA) is 450 Å². The molecule has 27 nitrogen and oxygen atoms in total. The molecule has 9 rings (SSSR count). The van der Waals surface area contributed by atoms with Crippen LogP contribution in [0.15, 0.2) is 42.0 Å². The predicted molar refractivity (Wildman–Crippen MR) is 204 cm³/mol. The van der Waals surface area contributed by atoms with E-state index in [4.69, 9.17) is 33.2 Å². The molecule has 14 N–H and O–H groups in total. The third kappa shape index (κ3) is 6.21. The molecule has 354 valence electrons. The summed E-state index contributed by atoms with van der Waals surface area (Å²) in [6.45, 7) is -1.29. The molecule has 68 heavy (non-hydrogen) atoms. The van der Waals surface area contributed by atoms with Crippen LogP contribution in [0.5, 0.6) is 69.0 Å². The summed E-state index contributed by atoms with van der Waals surface area (Å²) in [5.41, 5.74) is -8.23. The van der Waals surface area contributed by atoms with Crippen LogP contribution in [0.4, 0.5) is 0 Å². The summed E-state index contributed by atoms with van der Waals surface area (Å²) in [4.78, 5) is 84.7. The number of hydrogen-bond acceptors (Lipinski definition) is 27. The van der Waals surface area contributed by atoms with E-state index in [0.29, 0.717) is 30.3 Å². The first-order valence-corrected chi connectivity index (χ1v) is 19.1. The van der Waals surface area contributed by atoms with Crippen molar-refractivity contribution in [2.45, 2.75) is 48.2 Å². The molecular weight excluding hydrogens is 924 g/mol. The van der Waals surface area contributed by atoms with Crippen molar-refractivity contribution in [1.82, 2.24) is 0 Å². The molecule has 4 aromatic carbocycles. The van der Waals surface area contributed by atoms with E-state index in [0.717, 1.165) is 0 Å². The Labute approximate surface area is 373 Å². The van der Waals surface area contributed by atoms with Crippen LogP contribution in [-0.2, 0) is 38.0 Å². The van der Waals surface area contributed by atoms with E-state index in [-0.39, 0.29) is 6.08 Å². The summed E-state index contributed by atoms with van der Waals surface area (Å²) in [5.74, 6) is -36.3. The van der Waals surface area contributed by atoms with Crippen molar-refractivity contribution < 1.29 is 133 Å². The van der Waals surface area contributed by atoms with E-state index < -0.39 is 204 Å². The smallest absolute Gasteiger partial charge is 0.340 e. The first kappa shape index (κ1) is 44.3. The Morgan fingerprint density at radius 1 is 0.574 bits per heavy atom. The van der Waals surface area contributed by atoms with Crippen LogP contribution in [0.3, 0.4) is 0 Å². The van der Waals surface area contributed by atoms with Gasteiger partial charge < -0.3 is 105 Å². The van der Waals surface area contributed by atoms with Gasteiger partial charge >= 0.3 is 29.8 Å². The first-order valence-electron chi connectivity index (χ1n) is 19.1. The minimum absolute atomic E-state index is 0.182. The number of esters is 5. The summed E-state index contributed by atoms with van der Waals surface area (Å²) in [7, 11) is 0. The van der Waals surface area contributed by atoms with Gasteiger partial charge in [0.25, 0.3) is 11.6 Å². The maximum atomic E-state index is 14.6. The van der Waals surface area contributed by atoms with Crippen LogP contribution >= 0.6 is 0 Å². The monoisotopic (exact) mass is 952 g/mol. The molecule has 4 heterocycles. The summed E-state index contributed by atoms with van der Waals surface area (Å²) in [6, 6.07) is 2.38. The van der Waals surface area contributed by atoms with Gasteiger partial charge in [0.2, 0.25) is 35.4 Å². The van der Waals surface area contributed by atoms with Gasteiger partial charge in [0.15, 0.2) is 64.0 Å². The molecule has 4 aromatic rings. The highest BCUT2D eigenvalue weighted by Crippen LogP contribution is 2.60. The molecule has 1 fully saturated rings. The lowest BCUT2D eigenvalue weighted by atomic mass is 9.74. The third-order valence-corrected chi connectivity index (χ3v) is 11.5. The Morgan fingerprint density at radius 2 is 1.07 bits per heavy atom. The largest absolute Gasteiger partial charge is 0.504 e. The number of phenolic OH excluding ortho intramolecular Hbond substituents is 11. The number of aliphatic hydroxyl groups is 3. The number of aromatic hydroxyl groups is 11. The van der Waals surface area contributed by atoms with Gasteiger partial charge in [-0.05, 0) is 36.4 Å². The zero-order chi connectivity index (χ0) is 49.4. The molecule has 0 aromatic heterocycles. The number of benzene rings is 4. The van der Waals surface area contributed by atoms with E-state index >= 15 is 0 Å². The second-order valence-electron chi connectivity index (χ2n) is 15.5. The second kappa shape index (κ2) is 14.8. The Bertz CT molecular complexity index is 3020. The summed E-state index contributed by atoms with van der Waals surface area (Å²) < 4.78 is 39.1. The van der Waals surface area contributed by atoms with Crippen LogP contribution < -0.4 is 4.74 Å². The van der Waals surface area contributed by atoms with Gasteiger partial charge in [-0.15, -0.1) is 0 Å². The molecule has 4 aliphatic heterocycles. The van der Waals surface area contributed by atoms with Crippen molar-refractivity contribution in [1.29, 1.82) is 0 Å². The highest BCUT2D eigenvalue weighted by molar-refractivity contribution is 6.09. The maximum absolute atomic E-state index is 14.6. The molecule has 0 radical (unpaired) electrons. The molecule has 1 saturated heterocycles. The SMILES string of the molecule is O=C1O[C@H]2[C@H](OC(=O)c3cc(O)c(O)c(O)c3)O[C@@H]3COC(=O)c4cc(O)c(O)c(O)c4-c4c(cc(O)c(O)c4O)C(=O)O[C@H]2[C@@H]3OC(=O)c2cc(O)c(O)c3c2[C@H]2C1=CC(=O)C(O)(O)[C@]2(O)O3. The van der Waals surface area contributed by atoms with Crippen LogP contribution in [0.2, 0.25) is 0 Å². The van der Waals surface area contributed by atoms with Gasteiger partial charge in [-0.25, -0.2) is 24.0 Å². The van der Waals surface area contributed by atoms with Crippen LogP contribution in [0, 0.1) is 0 Å². The number of hydrogen-bond donors (Lipinski definition) is 14. The fraction of sp³-hybridized carbons (Fsp3) is 0.220. The normalized spacial score (nSPS) is 25.7. The lowest BCUT2D eigenvalue weighted by Gasteiger charge is -2.44. The van der Waals surface area contributed by atoms with Gasteiger partial charge in [0.1, 0.15) is 12.7 Å². The molecule has 1 aliphatic carbocycles. The van der Waals surface area contributed by atoms with Crippen LogP contribution in [0.1, 0.15) is 52.9 Å². The minimum Gasteiger partial charge on any atom is -0.504 e. The molecule has 0 unspecified atom stereocenters. The molecule has 0 amide bonds. The van der Waals surface area contributed by atoms with Crippen LogP contribution in [-0.4, -0.2) is 156 Å². The number of fused-ring (bicyclic) bond motifs is 3. The Balaban J connectivity index is 1.29. The van der Waals surface area contributed by atoms with E-state index in [2.05, 4.69) is 0 Å². The first-order chi connectivity index (χ1) is 31.9. The van der Waals surface area contributed by atoms with Crippen LogP contribution in [0.25, 0.3) is 11.1 Å². The Morgan fingerprint density at radius 3 is 1.68 bits per heavy atom. The highest BCUT2D eigenvalue weighted by atomic mass is 16.8. The molecule has 7 atom stereocenters. The summed E-state index contributed by atoms with van der Waals surface area (Å²) in [5, 5.41) is 150. The molecular formula is C41H28O27. The number of ether oxygens (including phenoxy) is 7. The Kier molecular flexibility index (Phi) is 9.64. The van der Waals surface area contributed by atoms with Crippen molar-refractivity contribution >= 4 is 35.6 Å². The lowest BCUT2D eigenvalue weighted by Crippen LogP contribution is -2.66. The van der Waals surface area contributed by atoms with Gasteiger partial charge in [-0.3, -0.25) is 4.79 Å². The van der Waals surface area contributed by atoms with Crippen molar-refractivity contribution in [3.63, 3.8) is 0 Å². The zero-order valence-corrected chi connectivity index (χ0v) is 33.2. The average molecular weight is 953 g/mol. The summed E-state index contributed by atoms with van der Waals surface area (Å²) in [6.07, 6.45) is -12.1. The second-order valence-corrected chi connectivity index (χ2v) is 15.5. The summed E-state index contributed by atoms with van der Waals surface area (Å²) >= 11 is 0. The van der Waals surface area contributed by atoms with Crippen molar-refractivity contribution in [2.75, 3.05) is 6.61 Å². The predicted octanol–water partition coefficient (Wildman–Crippen LogP) is -1.10. The average Bonchev–Trinajstić information content (AvgIpc) is 3.61. The number of rotatable bonds is 2. The number of carbonyl (C=O) groups excluding carboxylic acids is 6.